The minimum atomic E-state index is -0.498. The Kier molecular flexibility index (Phi) is 5.24. The summed E-state index contributed by atoms with van der Waals surface area (Å²) in [6, 6.07) is 8.74. The second kappa shape index (κ2) is 7.98. The maximum Gasteiger partial charge on any atom is 0.321 e. The molecule has 2 amide bonds. The lowest BCUT2D eigenvalue weighted by Gasteiger charge is -2.32. The lowest BCUT2D eigenvalue weighted by Crippen LogP contribution is -2.44. The number of hydrogen-bond donors (Lipinski definition) is 1. The van der Waals surface area contributed by atoms with Crippen molar-refractivity contribution in [3.05, 3.63) is 47.8 Å². The Labute approximate surface area is 167 Å². The Balaban J connectivity index is 1.44. The van der Waals surface area contributed by atoms with Crippen LogP contribution in [0.4, 0.5) is 14.9 Å². The average Bonchev–Trinajstić information content (AvgIpc) is 3.21. The number of hydrogen-bond acceptors (Lipinski definition) is 5. The molecule has 1 fully saturated rings. The molecule has 29 heavy (non-hydrogen) atoms. The smallest absolute Gasteiger partial charge is 0.321 e. The van der Waals surface area contributed by atoms with Crippen molar-refractivity contribution in [2.24, 2.45) is 5.92 Å². The normalized spacial score (nSPS) is 17.7. The minimum Gasteiger partial charge on any atom is -0.496 e. The average molecular weight is 400 g/mol. The number of nitrogens with one attached hydrogen (secondary N) is 1. The van der Waals surface area contributed by atoms with E-state index in [0.717, 1.165) is 0 Å². The van der Waals surface area contributed by atoms with E-state index in [1.165, 1.54) is 25.3 Å². The van der Waals surface area contributed by atoms with Crippen molar-refractivity contribution in [1.82, 2.24) is 4.90 Å². The molecule has 0 saturated carbocycles. The number of amides is 2. The molecule has 0 bridgehead atoms. The van der Waals surface area contributed by atoms with Crippen LogP contribution in [0.3, 0.4) is 0 Å². The largest absolute Gasteiger partial charge is 0.496 e. The van der Waals surface area contributed by atoms with E-state index in [0.29, 0.717) is 42.3 Å². The first-order chi connectivity index (χ1) is 14.0. The third-order valence-electron chi connectivity index (χ3n) is 5.13. The number of rotatable bonds is 4. The number of ketones is 1. The molecule has 0 aromatic heterocycles. The van der Waals surface area contributed by atoms with Crippen molar-refractivity contribution in [3.8, 4) is 17.2 Å². The zero-order valence-electron chi connectivity index (χ0n) is 15.9. The first-order valence-electron chi connectivity index (χ1n) is 9.38. The van der Waals surface area contributed by atoms with Crippen molar-refractivity contribution in [2.45, 2.75) is 12.8 Å². The van der Waals surface area contributed by atoms with Crippen LogP contribution in [0.15, 0.2) is 36.4 Å². The number of fused-ring (bicyclic) bond motifs is 1. The van der Waals surface area contributed by atoms with Gasteiger partial charge >= 0.3 is 6.03 Å². The second-order valence-electron chi connectivity index (χ2n) is 6.99. The van der Waals surface area contributed by atoms with Crippen LogP contribution in [0.2, 0.25) is 0 Å². The van der Waals surface area contributed by atoms with E-state index in [-0.39, 0.29) is 30.7 Å². The summed E-state index contributed by atoms with van der Waals surface area (Å²) in [6.45, 7) is 0.960. The Hall–Kier alpha value is -3.29. The highest BCUT2D eigenvalue weighted by Gasteiger charge is 2.31. The molecule has 152 valence electrons. The van der Waals surface area contributed by atoms with Gasteiger partial charge in [-0.1, -0.05) is 0 Å². The van der Waals surface area contributed by atoms with E-state index in [1.54, 1.807) is 23.1 Å². The summed E-state index contributed by atoms with van der Waals surface area (Å²) < 4.78 is 29.4. The summed E-state index contributed by atoms with van der Waals surface area (Å²) in [6.07, 6.45) is 1.31. The minimum absolute atomic E-state index is 0.159. The summed E-state index contributed by atoms with van der Waals surface area (Å²) in [5.41, 5.74) is 0.787. The standard InChI is InChI=1S/C21H21FN2O5/c1-27-17-6-4-14(22)9-16(17)20(25)13-3-2-8-24(11-13)21(26)23-15-5-7-18-19(10-15)29-12-28-18/h4-7,9-10,13H,2-3,8,11-12H2,1H3,(H,23,26). The number of ether oxygens (including phenoxy) is 3. The Morgan fingerprint density at radius 1 is 1.17 bits per heavy atom. The number of halogens is 1. The molecule has 8 heteroatoms. The number of nitrogens with zero attached hydrogens (tertiary/aromatic N) is 1. The molecule has 1 saturated heterocycles. The van der Waals surface area contributed by atoms with Crippen LogP contribution in [-0.2, 0) is 0 Å². The fraction of sp³-hybridized carbons (Fsp3) is 0.333. The molecule has 2 heterocycles. The fourth-order valence-corrected chi connectivity index (χ4v) is 3.65. The maximum atomic E-state index is 13.7. The molecular weight excluding hydrogens is 379 g/mol. The number of methoxy groups -OCH3 is 1. The van der Waals surface area contributed by atoms with Gasteiger partial charge in [-0.15, -0.1) is 0 Å². The molecule has 4 rings (SSSR count). The summed E-state index contributed by atoms with van der Waals surface area (Å²) >= 11 is 0. The van der Waals surface area contributed by atoms with Crippen molar-refractivity contribution in [1.29, 1.82) is 0 Å². The van der Waals surface area contributed by atoms with Crippen molar-refractivity contribution < 1.29 is 28.2 Å². The topological polar surface area (TPSA) is 77.1 Å². The van der Waals surface area contributed by atoms with Crippen LogP contribution >= 0.6 is 0 Å². The van der Waals surface area contributed by atoms with Gasteiger partial charge in [-0.25, -0.2) is 9.18 Å². The van der Waals surface area contributed by atoms with Crippen molar-refractivity contribution in [3.63, 3.8) is 0 Å². The third-order valence-corrected chi connectivity index (χ3v) is 5.13. The van der Waals surface area contributed by atoms with Gasteiger partial charge in [0.15, 0.2) is 17.3 Å². The Morgan fingerprint density at radius 2 is 2.00 bits per heavy atom. The van der Waals surface area contributed by atoms with Gasteiger partial charge < -0.3 is 24.4 Å². The lowest BCUT2D eigenvalue weighted by molar-refractivity contribution is 0.0848. The highest BCUT2D eigenvalue weighted by molar-refractivity contribution is 6.01. The molecule has 0 spiro atoms. The van der Waals surface area contributed by atoms with Gasteiger partial charge in [0, 0.05) is 30.8 Å². The summed E-state index contributed by atoms with van der Waals surface area (Å²) in [7, 11) is 1.44. The molecule has 1 unspecified atom stereocenters. The molecule has 2 aliphatic heterocycles. The molecule has 1 atom stereocenters. The Morgan fingerprint density at radius 3 is 2.83 bits per heavy atom. The van der Waals surface area contributed by atoms with Gasteiger partial charge in [0.05, 0.1) is 12.7 Å². The number of piperidine rings is 1. The number of urea groups is 1. The fourth-order valence-electron chi connectivity index (χ4n) is 3.65. The third kappa shape index (κ3) is 3.96. The summed E-state index contributed by atoms with van der Waals surface area (Å²) in [5, 5.41) is 2.83. The van der Waals surface area contributed by atoms with E-state index in [1.807, 2.05) is 0 Å². The first-order valence-corrected chi connectivity index (χ1v) is 9.38. The first kappa shape index (κ1) is 19.0. The van der Waals surface area contributed by atoms with Gasteiger partial charge in [0.25, 0.3) is 0 Å². The highest BCUT2D eigenvalue weighted by Crippen LogP contribution is 2.34. The van der Waals surface area contributed by atoms with E-state index >= 15 is 0 Å². The summed E-state index contributed by atoms with van der Waals surface area (Å²) in [5.74, 6) is 0.410. The molecular formula is C21H21FN2O5. The lowest BCUT2D eigenvalue weighted by atomic mass is 9.89. The second-order valence-corrected chi connectivity index (χ2v) is 6.99. The number of likely N-dealkylation sites (tertiary alicyclic amines) is 1. The molecule has 2 aliphatic rings. The van der Waals surface area contributed by atoms with Crippen LogP contribution in [0.25, 0.3) is 0 Å². The van der Waals surface area contributed by atoms with Gasteiger partial charge in [-0.2, -0.15) is 0 Å². The summed E-state index contributed by atoms with van der Waals surface area (Å²) in [4.78, 5) is 27.2. The number of anilines is 1. The number of carbonyl (C=O) groups excluding carboxylic acids is 2. The predicted molar refractivity (Wildman–Crippen MR) is 103 cm³/mol. The van der Waals surface area contributed by atoms with Crippen LogP contribution < -0.4 is 19.5 Å². The number of benzene rings is 2. The van der Waals surface area contributed by atoms with Crippen molar-refractivity contribution in [2.75, 3.05) is 32.3 Å². The zero-order chi connectivity index (χ0) is 20.4. The van der Waals surface area contributed by atoms with Gasteiger partial charge in [-0.3, -0.25) is 4.79 Å². The maximum absolute atomic E-state index is 13.7. The quantitative estimate of drug-likeness (QED) is 0.792. The van der Waals surface area contributed by atoms with Gasteiger partial charge in [0.1, 0.15) is 11.6 Å². The van der Waals surface area contributed by atoms with Crippen molar-refractivity contribution >= 4 is 17.5 Å². The zero-order valence-corrected chi connectivity index (χ0v) is 15.9. The van der Waals surface area contributed by atoms with E-state index in [2.05, 4.69) is 5.32 Å². The molecule has 7 nitrogen and oxygen atoms in total. The number of Topliss-reactive ketones (excluding diaryl/α,β-unsaturated/α-hetero) is 1. The highest BCUT2D eigenvalue weighted by atomic mass is 19.1. The van der Waals surface area contributed by atoms with E-state index in [4.69, 9.17) is 14.2 Å². The number of carbonyl (C=O) groups is 2. The van der Waals surface area contributed by atoms with Crippen LogP contribution in [-0.4, -0.2) is 43.7 Å². The molecule has 2 aromatic carbocycles. The molecule has 0 radical (unpaired) electrons. The van der Waals surface area contributed by atoms with Gasteiger partial charge in [-0.05, 0) is 43.2 Å². The van der Waals surface area contributed by atoms with Crippen LogP contribution in [0.1, 0.15) is 23.2 Å². The monoisotopic (exact) mass is 400 g/mol. The van der Waals surface area contributed by atoms with E-state index in [9.17, 15) is 14.0 Å². The Bertz CT molecular complexity index is 949. The van der Waals surface area contributed by atoms with Crippen LogP contribution in [0, 0.1) is 11.7 Å². The molecule has 0 aliphatic carbocycles. The predicted octanol–water partition coefficient (Wildman–Crippen LogP) is 3.69. The molecule has 2 aromatic rings. The van der Waals surface area contributed by atoms with Gasteiger partial charge in [0.2, 0.25) is 6.79 Å². The molecule has 1 N–H and O–H groups in total. The van der Waals surface area contributed by atoms with E-state index < -0.39 is 11.7 Å². The van der Waals surface area contributed by atoms with Crippen LogP contribution in [0.5, 0.6) is 17.2 Å². The SMILES string of the molecule is COc1ccc(F)cc1C(=O)C1CCCN(C(=O)Nc2ccc3c(c2)OCO3)C1.